The molecule has 1 N–H and O–H groups in total. The van der Waals surface area contributed by atoms with Crippen LogP contribution in [0.15, 0.2) is 97.1 Å². The van der Waals surface area contributed by atoms with Crippen molar-refractivity contribution < 1.29 is 14.8 Å². The van der Waals surface area contributed by atoms with Crippen molar-refractivity contribution in [2.75, 3.05) is 10.1 Å². The van der Waals surface area contributed by atoms with Gasteiger partial charge in [-0.05, 0) is 29.3 Å². The summed E-state index contributed by atoms with van der Waals surface area (Å²) < 4.78 is 0. The maximum absolute atomic E-state index is 13.7. The zero-order chi connectivity index (χ0) is 22.2. The third kappa shape index (κ3) is 3.30. The minimum Gasteiger partial charge on any atom is -0.733 e. The van der Waals surface area contributed by atoms with Gasteiger partial charge in [0.15, 0.2) is 0 Å². The monoisotopic (exact) mass is 425 g/mol. The minimum atomic E-state index is -0.568. The Bertz CT molecular complexity index is 1110. The smallest absolute Gasteiger partial charge is 0.238 e. The number of hydrogen-bond donors (Lipinski definition) is 1. The number of anilines is 2. The third-order valence-corrected chi connectivity index (χ3v) is 6.38. The van der Waals surface area contributed by atoms with Gasteiger partial charge in [0.1, 0.15) is 0 Å². The Hall–Kier alpha value is -3.74. The molecule has 2 aliphatic rings. The highest BCUT2D eigenvalue weighted by Crippen LogP contribution is 2.50. The Labute approximate surface area is 185 Å². The van der Waals surface area contributed by atoms with Crippen LogP contribution < -0.4 is 10.1 Å². The summed E-state index contributed by atoms with van der Waals surface area (Å²) in [5.41, 5.74) is 2.18. The van der Waals surface area contributed by atoms with Crippen molar-refractivity contribution in [2.24, 2.45) is 11.8 Å². The lowest BCUT2D eigenvalue weighted by Gasteiger charge is -2.32. The molecule has 1 aliphatic heterocycles. The van der Waals surface area contributed by atoms with Crippen molar-refractivity contribution in [2.45, 2.75) is 11.8 Å². The van der Waals surface area contributed by atoms with Gasteiger partial charge in [0.2, 0.25) is 11.8 Å². The number of imide groups is 1. The van der Waals surface area contributed by atoms with Gasteiger partial charge < -0.3 is 10.4 Å². The summed E-state index contributed by atoms with van der Waals surface area (Å²) in [5.74, 6) is -2.21. The molecule has 0 unspecified atom stereocenters. The van der Waals surface area contributed by atoms with Gasteiger partial charge in [-0.25, -0.2) is 4.90 Å². The lowest BCUT2D eigenvalue weighted by Crippen LogP contribution is -2.31. The highest BCUT2D eigenvalue weighted by Gasteiger charge is 2.55. The number of rotatable bonds is 4. The van der Waals surface area contributed by atoms with Gasteiger partial charge in [-0.15, -0.1) is 0 Å². The normalized spacial score (nSPS) is 24.5. The Morgan fingerprint density at radius 2 is 1.22 bits per heavy atom. The summed E-state index contributed by atoms with van der Waals surface area (Å²) in [5, 5.41) is 20.4. The number of carbonyl (C=O) groups is 2. The Balaban J connectivity index is 1.62. The van der Waals surface area contributed by atoms with Crippen LogP contribution >= 0.6 is 0 Å². The second kappa shape index (κ2) is 8.07. The number of nitrogens with zero attached hydrogens (tertiary/aromatic N) is 2. The summed E-state index contributed by atoms with van der Waals surface area (Å²) >= 11 is 0. The topological polar surface area (TPSA) is 83.9 Å². The predicted octanol–water partition coefficient (Wildman–Crippen LogP) is 4.62. The van der Waals surface area contributed by atoms with E-state index in [2.05, 4.69) is 0 Å². The summed E-state index contributed by atoms with van der Waals surface area (Å²) in [6.45, 7) is 0. The molecule has 5 rings (SSSR count). The van der Waals surface area contributed by atoms with E-state index < -0.39 is 11.8 Å². The van der Waals surface area contributed by atoms with E-state index in [4.69, 9.17) is 0 Å². The molecule has 32 heavy (non-hydrogen) atoms. The summed E-state index contributed by atoms with van der Waals surface area (Å²) in [6.07, 6.45) is 4.07. The number of benzene rings is 3. The van der Waals surface area contributed by atoms with Crippen LogP contribution in [0.4, 0.5) is 11.4 Å². The van der Waals surface area contributed by atoms with E-state index in [9.17, 15) is 20.0 Å². The highest BCUT2D eigenvalue weighted by atomic mass is 16.8. The van der Waals surface area contributed by atoms with E-state index in [1.54, 1.807) is 6.07 Å². The van der Waals surface area contributed by atoms with Crippen LogP contribution in [-0.2, 0) is 9.59 Å². The van der Waals surface area contributed by atoms with Gasteiger partial charge in [0, 0.05) is 11.8 Å². The zero-order valence-electron chi connectivity index (χ0n) is 17.1. The molecule has 3 aromatic rings. The molecule has 2 amide bonds. The maximum Gasteiger partial charge on any atom is 0.238 e. The van der Waals surface area contributed by atoms with Crippen molar-refractivity contribution in [3.63, 3.8) is 0 Å². The van der Waals surface area contributed by atoms with E-state index >= 15 is 0 Å². The third-order valence-electron chi connectivity index (χ3n) is 6.38. The van der Waals surface area contributed by atoms with Crippen molar-refractivity contribution in [1.29, 1.82) is 0 Å². The van der Waals surface area contributed by atoms with E-state index in [0.29, 0.717) is 0 Å². The van der Waals surface area contributed by atoms with E-state index in [-0.39, 0.29) is 40.3 Å². The number of allylic oxidation sites excluding steroid dienone is 2. The first kappa shape index (κ1) is 20.2. The number of carbonyl (C=O) groups excluding carboxylic acids is 2. The van der Waals surface area contributed by atoms with Gasteiger partial charge in [-0.2, -0.15) is 0 Å². The lowest BCUT2D eigenvalue weighted by molar-refractivity contribution is -0.122. The fraction of sp³-hybridized carbons (Fsp3) is 0.154. The maximum atomic E-state index is 13.7. The molecule has 1 aliphatic carbocycles. The van der Waals surface area contributed by atoms with Crippen LogP contribution in [0.25, 0.3) is 0 Å². The summed E-state index contributed by atoms with van der Waals surface area (Å²) in [4.78, 5) is 28.6. The first-order valence-corrected chi connectivity index (χ1v) is 10.5. The molecule has 6 heteroatoms. The fourth-order valence-corrected chi connectivity index (χ4v) is 4.94. The van der Waals surface area contributed by atoms with Crippen molar-refractivity contribution in [3.8, 4) is 0 Å². The van der Waals surface area contributed by atoms with Crippen molar-refractivity contribution in [1.82, 2.24) is 0 Å². The van der Waals surface area contributed by atoms with Crippen LogP contribution in [0.1, 0.15) is 23.0 Å². The summed E-state index contributed by atoms with van der Waals surface area (Å²) in [6, 6.07) is 25.3. The predicted molar refractivity (Wildman–Crippen MR) is 121 cm³/mol. The SMILES string of the molecule is O=C1[C@@H]2[C@H](C(=O)N1c1cccc(N([O-])O)c1)[C@H](c1ccccc1)C=C[C@@H]2c1ccccc1. The van der Waals surface area contributed by atoms with Gasteiger partial charge in [0.05, 0.1) is 23.2 Å². The Morgan fingerprint density at radius 3 is 1.69 bits per heavy atom. The molecular weight excluding hydrogens is 404 g/mol. The molecule has 0 bridgehead atoms. The molecule has 1 fully saturated rings. The Kier molecular flexibility index (Phi) is 5.09. The molecule has 6 nitrogen and oxygen atoms in total. The van der Waals surface area contributed by atoms with Crippen molar-refractivity contribution >= 4 is 23.2 Å². The summed E-state index contributed by atoms with van der Waals surface area (Å²) in [7, 11) is 0. The second-order valence-corrected chi connectivity index (χ2v) is 8.11. The number of amides is 2. The van der Waals surface area contributed by atoms with Gasteiger partial charge in [-0.3, -0.25) is 14.8 Å². The van der Waals surface area contributed by atoms with Crippen LogP contribution in [0.2, 0.25) is 0 Å². The number of hydrogen-bond acceptors (Lipinski definition) is 5. The van der Waals surface area contributed by atoms with Crippen LogP contribution in [0, 0.1) is 17.0 Å². The molecule has 1 saturated heterocycles. The van der Waals surface area contributed by atoms with Crippen LogP contribution in [-0.4, -0.2) is 17.0 Å². The fourth-order valence-electron chi connectivity index (χ4n) is 4.94. The van der Waals surface area contributed by atoms with E-state index in [1.807, 2.05) is 72.8 Å². The largest absolute Gasteiger partial charge is 0.733 e. The highest BCUT2D eigenvalue weighted by molar-refractivity contribution is 6.23. The van der Waals surface area contributed by atoms with Gasteiger partial charge in [-0.1, -0.05) is 78.9 Å². The molecule has 0 spiro atoms. The van der Waals surface area contributed by atoms with Gasteiger partial charge in [0.25, 0.3) is 0 Å². The Morgan fingerprint density at radius 1 is 0.719 bits per heavy atom. The first-order valence-electron chi connectivity index (χ1n) is 10.5. The van der Waals surface area contributed by atoms with E-state index in [0.717, 1.165) is 11.1 Å². The lowest BCUT2D eigenvalue weighted by atomic mass is 9.68. The van der Waals surface area contributed by atoms with Crippen LogP contribution in [0.3, 0.4) is 0 Å². The quantitative estimate of drug-likeness (QED) is 0.375. The second-order valence-electron chi connectivity index (χ2n) is 8.11. The first-order chi connectivity index (χ1) is 15.6. The average molecular weight is 425 g/mol. The molecule has 160 valence electrons. The molecule has 1 heterocycles. The van der Waals surface area contributed by atoms with Gasteiger partial charge >= 0.3 is 0 Å². The van der Waals surface area contributed by atoms with Crippen LogP contribution in [0.5, 0.6) is 0 Å². The molecule has 0 radical (unpaired) electrons. The van der Waals surface area contributed by atoms with E-state index in [1.165, 1.54) is 23.1 Å². The zero-order valence-corrected chi connectivity index (χ0v) is 17.1. The molecule has 3 aromatic carbocycles. The minimum absolute atomic E-state index is 0.0460. The van der Waals surface area contributed by atoms with Crippen molar-refractivity contribution in [3.05, 3.63) is 113 Å². The molecule has 0 aromatic heterocycles. The standard InChI is InChI=1S/C26H21N2O4/c29-25-23-21(17-8-3-1-4-9-17)14-15-22(18-10-5-2-6-11-18)24(23)26(30)27(25)19-12-7-13-20(16-19)28(31)32/h1-16,21-24,31H/q-1/t21-,22+,23+,24-. The number of fused-ring (bicyclic) bond motifs is 1. The molecule has 0 saturated carbocycles. The molecule has 4 atom stereocenters. The molecular formula is C26H21N2O4-. The average Bonchev–Trinajstić information content (AvgIpc) is 3.10.